The zero-order valence-corrected chi connectivity index (χ0v) is 25.9. The highest BCUT2D eigenvalue weighted by Crippen LogP contribution is 2.29. The molecule has 0 spiro atoms. The molecule has 4 aromatic carbocycles. The quantitative estimate of drug-likeness (QED) is 0.0948. The first-order valence-electron chi connectivity index (χ1n) is 14.1. The van der Waals surface area contributed by atoms with E-state index in [1.165, 1.54) is 26.0 Å². The largest absolute Gasteiger partial charge is 0.496 e. The van der Waals surface area contributed by atoms with Crippen molar-refractivity contribution in [2.24, 2.45) is 0 Å². The van der Waals surface area contributed by atoms with Crippen LogP contribution in [0.1, 0.15) is 39.6 Å². The predicted octanol–water partition coefficient (Wildman–Crippen LogP) is 6.40. The third kappa shape index (κ3) is 8.84. The van der Waals surface area contributed by atoms with E-state index in [2.05, 4.69) is 16.0 Å². The number of rotatable bonds is 12. The number of thioether (sulfide) groups is 1. The summed E-state index contributed by atoms with van der Waals surface area (Å²) in [5, 5.41) is 7.92. The third-order valence-corrected chi connectivity index (χ3v) is 7.95. The number of carbonyl (C=O) groups excluding carboxylic acids is 4. The van der Waals surface area contributed by atoms with Gasteiger partial charge in [0.25, 0.3) is 11.8 Å². The SMILES string of the molecule is CCC(Sc1cccc(NC(=O)/C(=C\c2ccccc2OC)NC(=O)c2ccccc2)c1)C(=O)Nc1ccccc1C(=O)OC. The molecule has 0 heterocycles. The first-order chi connectivity index (χ1) is 21.8. The van der Waals surface area contributed by atoms with Gasteiger partial charge in [0.1, 0.15) is 11.4 Å². The Labute approximate surface area is 266 Å². The fourth-order valence-electron chi connectivity index (χ4n) is 4.31. The minimum Gasteiger partial charge on any atom is -0.496 e. The summed E-state index contributed by atoms with van der Waals surface area (Å²) >= 11 is 1.32. The summed E-state index contributed by atoms with van der Waals surface area (Å²) in [6.07, 6.45) is 2.06. The fraction of sp³-hybridized carbons (Fsp3) is 0.143. The van der Waals surface area contributed by atoms with Gasteiger partial charge in [-0.3, -0.25) is 14.4 Å². The van der Waals surface area contributed by atoms with E-state index in [0.29, 0.717) is 34.7 Å². The van der Waals surface area contributed by atoms with Crippen molar-refractivity contribution in [2.45, 2.75) is 23.5 Å². The Bertz CT molecular complexity index is 1710. The van der Waals surface area contributed by atoms with Crippen LogP contribution in [0.3, 0.4) is 0 Å². The number of methoxy groups -OCH3 is 2. The van der Waals surface area contributed by atoms with Crippen molar-refractivity contribution in [3.8, 4) is 5.75 Å². The van der Waals surface area contributed by atoms with Crippen molar-refractivity contribution in [1.82, 2.24) is 5.32 Å². The van der Waals surface area contributed by atoms with E-state index in [0.717, 1.165) is 4.90 Å². The lowest BCUT2D eigenvalue weighted by molar-refractivity contribution is -0.116. The molecule has 4 rings (SSSR count). The molecule has 0 aromatic heterocycles. The molecule has 230 valence electrons. The van der Waals surface area contributed by atoms with Crippen LogP contribution >= 0.6 is 11.8 Å². The highest BCUT2D eigenvalue weighted by Gasteiger charge is 2.22. The van der Waals surface area contributed by atoms with Crippen LogP contribution in [0.2, 0.25) is 0 Å². The zero-order chi connectivity index (χ0) is 32.2. The topological polar surface area (TPSA) is 123 Å². The second kappa shape index (κ2) is 15.9. The number of ether oxygens (including phenoxy) is 2. The van der Waals surface area contributed by atoms with Crippen LogP contribution < -0.4 is 20.7 Å². The van der Waals surface area contributed by atoms with Crippen molar-refractivity contribution in [3.05, 3.63) is 126 Å². The average molecular weight is 624 g/mol. The first kappa shape index (κ1) is 32.6. The molecular weight excluding hydrogens is 590 g/mol. The van der Waals surface area contributed by atoms with E-state index in [1.54, 1.807) is 97.1 Å². The molecule has 45 heavy (non-hydrogen) atoms. The molecule has 0 saturated carbocycles. The smallest absolute Gasteiger partial charge is 0.339 e. The van der Waals surface area contributed by atoms with Gasteiger partial charge in [-0.25, -0.2) is 4.79 Å². The number of carbonyl (C=O) groups is 4. The molecule has 0 fully saturated rings. The average Bonchev–Trinajstić information content (AvgIpc) is 3.07. The van der Waals surface area contributed by atoms with Crippen LogP contribution in [-0.2, 0) is 14.3 Å². The second-order valence-electron chi connectivity index (χ2n) is 9.64. The van der Waals surface area contributed by atoms with E-state index < -0.39 is 23.0 Å². The van der Waals surface area contributed by atoms with Gasteiger partial charge in [-0.05, 0) is 61.0 Å². The molecular formula is C35H33N3O6S. The van der Waals surface area contributed by atoms with Crippen molar-refractivity contribution < 1.29 is 28.7 Å². The maximum Gasteiger partial charge on any atom is 0.339 e. The van der Waals surface area contributed by atoms with E-state index in [4.69, 9.17) is 9.47 Å². The summed E-state index contributed by atoms with van der Waals surface area (Å²) in [6, 6.07) is 29.4. The Morgan fingerprint density at radius 3 is 2.27 bits per heavy atom. The molecule has 9 nitrogen and oxygen atoms in total. The maximum atomic E-state index is 13.6. The second-order valence-corrected chi connectivity index (χ2v) is 10.9. The van der Waals surface area contributed by atoms with Gasteiger partial charge in [-0.15, -0.1) is 11.8 Å². The Morgan fingerprint density at radius 2 is 1.53 bits per heavy atom. The monoisotopic (exact) mass is 623 g/mol. The highest BCUT2D eigenvalue weighted by molar-refractivity contribution is 8.00. The van der Waals surface area contributed by atoms with E-state index >= 15 is 0 Å². The van der Waals surface area contributed by atoms with Crippen molar-refractivity contribution in [2.75, 3.05) is 24.9 Å². The zero-order valence-electron chi connectivity index (χ0n) is 25.0. The van der Waals surface area contributed by atoms with Crippen LogP contribution in [0.5, 0.6) is 5.75 Å². The molecule has 1 unspecified atom stereocenters. The summed E-state index contributed by atoms with van der Waals surface area (Å²) < 4.78 is 10.3. The van der Waals surface area contributed by atoms with Gasteiger partial charge >= 0.3 is 5.97 Å². The van der Waals surface area contributed by atoms with Crippen LogP contribution in [0, 0.1) is 0 Å². The molecule has 4 aromatic rings. The number of para-hydroxylation sites is 2. The lowest BCUT2D eigenvalue weighted by Gasteiger charge is -2.17. The van der Waals surface area contributed by atoms with Gasteiger partial charge in [0.05, 0.1) is 30.7 Å². The minimum absolute atomic E-state index is 0.0153. The van der Waals surface area contributed by atoms with Crippen LogP contribution in [-0.4, -0.2) is 43.2 Å². The molecule has 3 N–H and O–H groups in total. The maximum absolute atomic E-state index is 13.6. The normalized spacial score (nSPS) is 11.6. The van der Waals surface area contributed by atoms with Gasteiger partial charge in [-0.1, -0.05) is 61.5 Å². The van der Waals surface area contributed by atoms with Gasteiger partial charge in [0.2, 0.25) is 5.91 Å². The lowest BCUT2D eigenvalue weighted by atomic mass is 10.1. The van der Waals surface area contributed by atoms with Crippen molar-refractivity contribution in [1.29, 1.82) is 0 Å². The van der Waals surface area contributed by atoms with Crippen LogP contribution in [0.25, 0.3) is 6.08 Å². The number of anilines is 2. The van der Waals surface area contributed by atoms with Crippen molar-refractivity contribution >= 4 is 52.9 Å². The number of esters is 1. The highest BCUT2D eigenvalue weighted by atomic mass is 32.2. The standard InChI is InChI=1S/C35H33N3O6S/c1-4-31(34(41)37-28-19-10-9-18-27(28)35(42)44-3)45-26-17-12-16-25(22-26)36-33(40)29(21-24-15-8-11-20-30(24)43-2)38-32(39)23-13-6-5-7-14-23/h5-22,31H,4H2,1-3H3,(H,36,40)(H,37,41)(H,38,39)/b29-21+. The molecule has 1 atom stereocenters. The number of amides is 3. The van der Waals surface area contributed by atoms with Gasteiger partial charge < -0.3 is 25.4 Å². The summed E-state index contributed by atoms with van der Waals surface area (Å²) in [4.78, 5) is 52.6. The molecule has 0 aliphatic rings. The molecule has 0 bridgehead atoms. The fourth-order valence-corrected chi connectivity index (χ4v) is 5.32. The Hall–Kier alpha value is -5.35. The Balaban J connectivity index is 1.52. The predicted molar refractivity (Wildman–Crippen MR) is 176 cm³/mol. The van der Waals surface area contributed by atoms with Gasteiger partial charge in [0, 0.05) is 21.7 Å². The van der Waals surface area contributed by atoms with Gasteiger partial charge in [0.15, 0.2) is 0 Å². The molecule has 0 aliphatic heterocycles. The lowest BCUT2D eigenvalue weighted by Crippen LogP contribution is -2.30. The van der Waals surface area contributed by atoms with E-state index in [1.807, 2.05) is 19.1 Å². The number of hydrogen-bond acceptors (Lipinski definition) is 7. The number of hydrogen-bond donors (Lipinski definition) is 3. The summed E-state index contributed by atoms with van der Waals surface area (Å²) in [5.74, 6) is -1.28. The summed E-state index contributed by atoms with van der Waals surface area (Å²) in [7, 11) is 2.81. The van der Waals surface area contributed by atoms with Crippen LogP contribution in [0.15, 0.2) is 114 Å². The van der Waals surface area contributed by atoms with Crippen molar-refractivity contribution in [3.63, 3.8) is 0 Å². The Kier molecular flexibility index (Phi) is 11.5. The summed E-state index contributed by atoms with van der Waals surface area (Å²) in [6.45, 7) is 1.89. The molecule has 0 saturated heterocycles. The number of benzene rings is 4. The molecule has 0 radical (unpaired) electrons. The number of nitrogens with one attached hydrogen (secondary N) is 3. The third-order valence-electron chi connectivity index (χ3n) is 6.59. The van der Waals surface area contributed by atoms with E-state index in [-0.39, 0.29) is 17.2 Å². The van der Waals surface area contributed by atoms with Gasteiger partial charge in [-0.2, -0.15) is 0 Å². The molecule has 10 heteroatoms. The minimum atomic E-state index is -0.547. The Morgan fingerprint density at radius 1 is 0.822 bits per heavy atom. The summed E-state index contributed by atoms with van der Waals surface area (Å²) in [5.41, 5.74) is 2.11. The first-order valence-corrected chi connectivity index (χ1v) is 15.0. The molecule has 3 amide bonds. The molecule has 0 aliphatic carbocycles. The van der Waals surface area contributed by atoms with Crippen LogP contribution in [0.4, 0.5) is 11.4 Å². The van der Waals surface area contributed by atoms with E-state index in [9.17, 15) is 19.2 Å².